The van der Waals surface area contributed by atoms with Gasteiger partial charge in [0, 0.05) is 50.6 Å². The molecule has 0 aliphatic heterocycles. The van der Waals surface area contributed by atoms with Crippen LogP contribution in [0.2, 0.25) is 0 Å². The van der Waals surface area contributed by atoms with E-state index in [1.807, 2.05) is 79.0 Å². The van der Waals surface area contributed by atoms with Crippen LogP contribution in [0.3, 0.4) is 0 Å². The summed E-state index contributed by atoms with van der Waals surface area (Å²) in [6.07, 6.45) is 3.65. The Labute approximate surface area is 321 Å². The molecule has 11 aromatic rings. The molecule has 4 aromatic heterocycles. The van der Waals surface area contributed by atoms with Gasteiger partial charge >= 0.3 is 0 Å². The Kier molecular flexibility index (Phi) is 7.38. The van der Waals surface area contributed by atoms with Crippen LogP contribution in [0.4, 0.5) is 0 Å². The Balaban J connectivity index is 1.11. The maximum atomic E-state index is 6.20. The van der Waals surface area contributed by atoms with Gasteiger partial charge in [-0.3, -0.25) is 4.98 Å². The largest absolute Gasteiger partial charge is 0.456 e. The van der Waals surface area contributed by atoms with Gasteiger partial charge < -0.3 is 8.83 Å². The molecule has 0 aliphatic rings. The minimum absolute atomic E-state index is 0.581. The third-order valence-corrected chi connectivity index (χ3v) is 10.4. The van der Waals surface area contributed by atoms with Crippen molar-refractivity contribution in [2.24, 2.45) is 0 Å². The summed E-state index contributed by atoms with van der Waals surface area (Å²) in [4.78, 5) is 19.6. The molecule has 0 amide bonds. The van der Waals surface area contributed by atoms with Gasteiger partial charge in [-0.2, -0.15) is 0 Å². The summed E-state index contributed by atoms with van der Waals surface area (Å²) in [5.74, 6) is 1.78. The predicted molar refractivity (Wildman–Crippen MR) is 225 cm³/mol. The van der Waals surface area contributed by atoms with Crippen molar-refractivity contribution in [2.75, 3.05) is 0 Å². The SMILES string of the molecule is c1ccc(-c2nc(-c3ccc(-c4cccnc4)cc3)nc(-c3cc(-c4ccc5oc6ccccc6c5c4)cc(-c4ccc5oc6ccccc6c5c4)c3)n2)cc1. The van der Waals surface area contributed by atoms with Gasteiger partial charge in [-0.1, -0.05) is 109 Å². The second kappa shape index (κ2) is 13.0. The minimum Gasteiger partial charge on any atom is -0.456 e. The lowest BCUT2D eigenvalue weighted by Crippen LogP contribution is -2.00. The summed E-state index contributed by atoms with van der Waals surface area (Å²) in [6.45, 7) is 0. The lowest BCUT2D eigenvalue weighted by molar-refractivity contribution is 0.668. The Morgan fingerprint density at radius 1 is 0.286 bits per heavy atom. The van der Waals surface area contributed by atoms with Gasteiger partial charge in [0.05, 0.1) is 0 Å². The minimum atomic E-state index is 0.581. The quantitative estimate of drug-likeness (QED) is 0.170. The smallest absolute Gasteiger partial charge is 0.164 e. The maximum absolute atomic E-state index is 6.20. The number of pyridine rings is 1. The number of rotatable bonds is 6. The molecule has 56 heavy (non-hydrogen) atoms. The third kappa shape index (κ3) is 5.60. The van der Waals surface area contributed by atoms with Gasteiger partial charge in [0.15, 0.2) is 17.5 Å². The molecule has 0 fully saturated rings. The van der Waals surface area contributed by atoms with Crippen molar-refractivity contribution in [1.29, 1.82) is 0 Å². The number of fused-ring (bicyclic) bond motifs is 6. The van der Waals surface area contributed by atoms with Crippen LogP contribution >= 0.6 is 0 Å². The molecular weight excluding hydrogens is 689 g/mol. The Bertz CT molecular complexity index is 3110. The average molecular weight is 719 g/mol. The number of hydrogen-bond donors (Lipinski definition) is 0. The highest BCUT2D eigenvalue weighted by Crippen LogP contribution is 2.38. The van der Waals surface area contributed by atoms with Gasteiger partial charge in [0.2, 0.25) is 0 Å². The zero-order valence-corrected chi connectivity index (χ0v) is 29.9. The third-order valence-electron chi connectivity index (χ3n) is 10.4. The zero-order valence-electron chi connectivity index (χ0n) is 29.9. The van der Waals surface area contributed by atoms with Crippen LogP contribution in [0.25, 0.3) is 111 Å². The van der Waals surface area contributed by atoms with E-state index in [1.54, 1.807) is 6.20 Å². The molecule has 4 heterocycles. The van der Waals surface area contributed by atoms with E-state index in [4.69, 9.17) is 23.8 Å². The van der Waals surface area contributed by atoms with Crippen LogP contribution in [0.5, 0.6) is 0 Å². The summed E-state index contributed by atoms with van der Waals surface area (Å²) in [6, 6.07) is 58.1. The highest BCUT2D eigenvalue weighted by molar-refractivity contribution is 6.07. The van der Waals surface area contributed by atoms with E-state index in [9.17, 15) is 0 Å². The molecule has 0 radical (unpaired) electrons. The van der Waals surface area contributed by atoms with E-state index >= 15 is 0 Å². The summed E-state index contributed by atoms with van der Waals surface area (Å²) < 4.78 is 12.4. The van der Waals surface area contributed by atoms with Gasteiger partial charge in [-0.25, -0.2) is 15.0 Å². The first kappa shape index (κ1) is 31.8. The summed E-state index contributed by atoms with van der Waals surface area (Å²) in [7, 11) is 0. The fourth-order valence-electron chi connectivity index (χ4n) is 7.60. The molecule has 0 bridgehead atoms. The number of nitrogens with zero attached hydrogens (tertiary/aromatic N) is 4. The first-order valence-electron chi connectivity index (χ1n) is 18.5. The standard InChI is InChI=1S/C50H30N4O2/c1-2-9-32(10-3-1)48-52-49(33-18-16-31(17-19-33)36-11-8-24-51-30-36)54-50(53-48)39-26-37(34-20-22-46-42(28-34)40-12-4-6-14-44(40)55-46)25-38(27-39)35-21-23-47-43(29-35)41-13-5-7-15-45(41)56-47/h1-30H. The van der Waals surface area contributed by atoms with Crippen LogP contribution in [0, 0.1) is 0 Å². The van der Waals surface area contributed by atoms with E-state index in [0.717, 1.165) is 93.9 Å². The van der Waals surface area contributed by atoms with Crippen molar-refractivity contribution in [1.82, 2.24) is 19.9 Å². The predicted octanol–water partition coefficient (Wildman–Crippen LogP) is 13.1. The molecule has 11 rings (SSSR count). The Morgan fingerprint density at radius 3 is 1.30 bits per heavy atom. The highest BCUT2D eigenvalue weighted by Gasteiger charge is 2.17. The van der Waals surface area contributed by atoms with Crippen molar-refractivity contribution in [3.8, 4) is 67.5 Å². The molecular formula is C50H30N4O2. The molecule has 0 aliphatic carbocycles. The molecule has 6 heteroatoms. The van der Waals surface area contributed by atoms with E-state index in [0.29, 0.717) is 17.5 Å². The van der Waals surface area contributed by atoms with Gasteiger partial charge in [0.25, 0.3) is 0 Å². The number of benzene rings is 7. The number of aromatic nitrogens is 4. The number of hydrogen-bond acceptors (Lipinski definition) is 6. The van der Waals surface area contributed by atoms with Crippen molar-refractivity contribution in [2.45, 2.75) is 0 Å². The Hall–Kier alpha value is -7.70. The van der Waals surface area contributed by atoms with Crippen molar-refractivity contribution in [3.63, 3.8) is 0 Å². The Morgan fingerprint density at radius 2 is 0.732 bits per heavy atom. The van der Waals surface area contributed by atoms with Crippen LogP contribution in [-0.4, -0.2) is 19.9 Å². The second-order valence-electron chi connectivity index (χ2n) is 13.9. The lowest BCUT2D eigenvalue weighted by atomic mass is 9.94. The summed E-state index contributed by atoms with van der Waals surface area (Å²) in [5, 5.41) is 4.31. The normalized spacial score (nSPS) is 11.6. The molecule has 6 nitrogen and oxygen atoms in total. The van der Waals surface area contributed by atoms with Crippen molar-refractivity contribution in [3.05, 3.63) is 182 Å². The molecule has 0 saturated carbocycles. The van der Waals surface area contributed by atoms with Gasteiger partial charge in [0.1, 0.15) is 22.3 Å². The van der Waals surface area contributed by atoms with Gasteiger partial charge in [-0.15, -0.1) is 0 Å². The molecule has 262 valence electrons. The van der Waals surface area contributed by atoms with Crippen LogP contribution in [-0.2, 0) is 0 Å². The monoisotopic (exact) mass is 718 g/mol. The maximum Gasteiger partial charge on any atom is 0.164 e. The van der Waals surface area contributed by atoms with Crippen molar-refractivity contribution >= 4 is 43.9 Å². The highest BCUT2D eigenvalue weighted by atomic mass is 16.3. The van der Waals surface area contributed by atoms with E-state index < -0.39 is 0 Å². The topological polar surface area (TPSA) is 77.8 Å². The first-order chi connectivity index (χ1) is 27.7. The van der Waals surface area contributed by atoms with E-state index in [2.05, 4.69) is 102 Å². The summed E-state index contributed by atoms with van der Waals surface area (Å²) in [5.41, 5.74) is 12.4. The zero-order chi connectivity index (χ0) is 37.0. The average Bonchev–Trinajstić information content (AvgIpc) is 3.84. The van der Waals surface area contributed by atoms with E-state index in [1.165, 1.54) is 0 Å². The number of furan rings is 2. The first-order valence-corrected chi connectivity index (χ1v) is 18.5. The van der Waals surface area contributed by atoms with Crippen LogP contribution in [0.1, 0.15) is 0 Å². The molecule has 0 atom stereocenters. The van der Waals surface area contributed by atoms with Gasteiger partial charge in [-0.05, 0) is 94.0 Å². The fraction of sp³-hybridized carbons (Fsp3) is 0. The molecule has 0 N–H and O–H groups in total. The summed E-state index contributed by atoms with van der Waals surface area (Å²) >= 11 is 0. The van der Waals surface area contributed by atoms with Crippen LogP contribution < -0.4 is 0 Å². The fourth-order valence-corrected chi connectivity index (χ4v) is 7.60. The molecule has 0 saturated heterocycles. The van der Waals surface area contributed by atoms with Crippen molar-refractivity contribution < 1.29 is 8.83 Å². The molecule has 0 spiro atoms. The van der Waals surface area contributed by atoms with E-state index in [-0.39, 0.29) is 0 Å². The number of para-hydroxylation sites is 2. The lowest BCUT2D eigenvalue weighted by Gasteiger charge is -2.13. The van der Waals surface area contributed by atoms with Crippen LogP contribution in [0.15, 0.2) is 191 Å². The second-order valence-corrected chi connectivity index (χ2v) is 13.9. The molecule has 0 unspecified atom stereocenters. The molecule has 7 aromatic carbocycles.